The maximum atomic E-state index is 12.9. The Bertz CT molecular complexity index is 536. The van der Waals surface area contributed by atoms with Gasteiger partial charge in [0.2, 0.25) is 5.88 Å². The number of halogens is 3. The fraction of sp³-hybridized carbons (Fsp3) is 0.0833. The lowest BCUT2D eigenvalue weighted by molar-refractivity contribution is 0.457. The van der Waals surface area contributed by atoms with Crippen molar-refractivity contribution in [2.24, 2.45) is 0 Å². The van der Waals surface area contributed by atoms with Gasteiger partial charge in [0, 0.05) is 18.1 Å². The standard InChI is InChI=1S/C12H8BrClFNO/c13-10-6-9(15)1-2-11(10)17-12-5-8(7-14)3-4-16-12/h1-6H,7H2. The van der Waals surface area contributed by atoms with Gasteiger partial charge in [-0.2, -0.15) is 0 Å². The number of pyridine rings is 1. The third-order valence-corrected chi connectivity index (χ3v) is 2.99. The first kappa shape index (κ1) is 12.3. The molecule has 0 fully saturated rings. The average molecular weight is 317 g/mol. The number of hydrogen-bond acceptors (Lipinski definition) is 2. The Morgan fingerprint density at radius 1 is 1.29 bits per heavy atom. The van der Waals surface area contributed by atoms with Crippen LogP contribution in [-0.4, -0.2) is 4.98 Å². The minimum Gasteiger partial charge on any atom is -0.438 e. The molecule has 2 rings (SSSR count). The van der Waals surface area contributed by atoms with Crippen molar-refractivity contribution in [1.82, 2.24) is 4.98 Å². The SMILES string of the molecule is Fc1ccc(Oc2cc(CCl)ccn2)c(Br)c1. The summed E-state index contributed by atoms with van der Waals surface area (Å²) >= 11 is 8.93. The first-order chi connectivity index (χ1) is 8.19. The van der Waals surface area contributed by atoms with Crippen molar-refractivity contribution in [2.75, 3.05) is 0 Å². The van der Waals surface area contributed by atoms with Crippen molar-refractivity contribution in [2.45, 2.75) is 5.88 Å². The van der Waals surface area contributed by atoms with Crippen LogP contribution in [0.2, 0.25) is 0 Å². The third kappa shape index (κ3) is 3.17. The van der Waals surface area contributed by atoms with Gasteiger partial charge in [0.25, 0.3) is 0 Å². The zero-order chi connectivity index (χ0) is 12.3. The molecule has 0 spiro atoms. The Labute approximate surface area is 112 Å². The first-order valence-electron chi connectivity index (χ1n) is 4.83. The summed E-state index contributed by atoms with van der Waals surface area (Å²) in [6.07, 6.45) is 1.62. The molecule has 0 aliphatic rings. The number of aromatic nitrogens is 1. The Balaban J connectivity index is 2.25. The molecule has 1 aromatic heterocycles. The zero-order valence-electron chi connectivity index (χ0n) is 8.66. The van der Waals surface area contributed by atoms with Crippen LogP contribution in [0.5, 0.6) is 11.6 Å². The molecular formula is C12H8BrClFNO. The molecule has 0 saturated heterocycles. The minimum atomic E-state index is -0.327. The van der Waals surface area contributed by atoms with E-state index >= 15 is 0 Å². The van der Waals surface area contributed by atoms with Crippen molar-refractivity contribution in [3.05, 3.63) is 52.4 Å². The number of rotatable bonds is 3. The fourth-order valence-corrected chi connectivity index (χ4v) is 1.86. The van der Waals surface area contributed by atoms with E-state index in [2.05, 4.69) is 20.9 Å². The highest BCUT2D eigenvalue weighted by molar-refractivity contribution is 9.10. The van der Waals surface area contributed by atoms with E-state index in [1.807, 2.05) is 0 Å². The van der Waals surface area contributed by atoms with Crippen molar-refractivity contribution < 1.29 is 9.13 Å². The van der Waals surface area contributed by atoms with E-state index in [-0.39, 0.29) is 5.82 Å². The van der Waals surface area contributed by atoms with Crippen molar-refractivity contribution >= 4 is 27.5 Å². The largest absolute Gasteiger partial charge is 0.438 e. The lowest BCUT2D eigenvalue weighted by atomic mass is 10.3. The lowest BCUT2D eigenvalue weighted by Crippen LogP contribution is -1.90. The molecule has 0 N–H and O–H groups in total. The van der Waals surface area contributed by atoms with Gasteiger partial charge in [-0.25, -0.2) is 9.37 Å². The molecule has 88 valence electrons. The Morgan fingerprint density at radius 2 is 2.12 bits per heavy atom. The molecule has 0 aliphatic heterocycles. The molecule has 0 radical (unpaired) electrons. The number of ether oxygens (including phenoxy) is 1. The molecule has 0 unspecified atom stereocenters. The minimum absolute atomic E-state index is 0.327. The summed E-state index contributed by atoms with van der Waals surface area (Å²) in [5.41, 5.74) is 0.912. The molecule has 0 aliphatic carbocycles. The second-order valence-corrected chi connectivity index (χ2v) is 4.43. The van der Waals surface area contributed by atoms with Gasteiger partial charge >= 0.3 is 0 Å². The van der Waals surface area contributed by atoms with E-state index in [0.29, 0.717) is 22.0 Å². The van der Waals surface area contributed by atoms with Crippen LogP contribution < -0.4 is 4.74 Å². The van der Waals surface area contributed by atoms with E-state index < -0.39 is 0 Å². The molecule has 17 heavy (non-hydrogen) atoms. The number of nitrogens with zero attached hydrogens (tertiary/aromatic N) is 1. The predicted molar refractivity (Wildman–Crippen MR) is 68.0 cm³/mol. The van der Waals surface area contributed by atoms with Gasteiger partial charge in [-0.15, -0.1) is 11.6 Å². The van der Waals surface area contributed by atoms with E-state index in [1.165, 1.54) is 18.2 Å². The van der Waals surface area contributed by atoms with Gasteiger partial charge in [0.1, 0.15) is 11.6 Å². The molecule has 0 amide bonds. The van der Waals surface area contributed by atoms with Crippen molar-refractivity contribution in [1.29, 1.82) is 0 Å². The fourth-order valence-electron chi connectivity index (χ4n) is 1.26. The molecule has 0 bridgehead atoms. The summed E-state index contributed by atoms with van der Waals surface area (Å²) in [5, 5.41) is 0. The normalized spacial score (nSPS) is 10.3. The summed E-state index contributed by atoms with van der Waals surface area (Å²) in [6, 6.07) is 7.74. The number of hydrogen-bond donors (Lipinski definition) is 0. The molecule has 1 aromatic carbocycles. The molecule has 2 nitrogen and oxygen atoms in total. The van der Waals surface area contributed by atoms with Crippen LogP contribution in [0.4, 0.5) is 4.39 Å². The molecule has 1 heterocycles. The summed E-state index contributed by atoms with van der Waals surface area (Å²) in [6.45, 7) is 0. The van der Waals surface area contributed by atoms with Crippen LogP contribution in [0.3, 0.4) is 0 Å². The Morgan fingerprint density at radius 3 is 2.82 bits per heavy atom. The van der Waals surface area contributed by atoms with Gasteiger partial charge in [-0.05, 0) is 45.8 Å². The third-order valence-electron chi connectivity index (χ3n) is 2.06. The predicted octanol–water partition coefficient (Wildman–Crippen LogP) is 4.51. The van der Waals surface area contributed by atoms with E-state index in [4.69, 9.17) is 16.3 Å². The van der Waals surface area contributed by atoms with Gasteiger partial charge in [0.15, 0.2) is 0 Å². The van der Waals surface area contributed by atoms with Crippen LogP contribution >= 0.6 is 27.5 Å². The van der Waals surface area contributed by atoms with Crippen LogP contribution in [-0.2, 0) is 5.88 Å². The van der Waals surface area contributed by atoms with Gasteiger partial charge < -0.3 is 4.74 Å². The van der Waals surface area contributed by atoms with E-state index in [1.54, 1.807) is 18.3 Å². The van der Waals surface area contributed by atoms with E-state index in [0.717, 1.165) is 5.56 Å². The van der Waals surface area contributed by atoms with E-state index in [9.17, 15) is 4.39 Å². The maximum Gasteiger partial charge on any atom is 0.219 e. The van der Waals surface area contributed by atoms with Crippen molar-refractivity contribution in [3.8, 4) is 11.6 Å². The van der Waals surface area contributed by atoms with Gasteiger partial charge in [0.05, 0.1) is 4.47 Å². The zero-order valence-corrected chi connectivity index (χ0v) is 11.0. The first-order valence-corrected chi connectivity index (χ1v) is 6.15. The second kappa shape index (κ2) is 5.47. The molecule has 5 heteroatoms. The Hall–Kier alpha value is -1.13. The van der Waals surface area contributed by atoms with Crippen LogP contribution in [0.1, 0.15) is 5.56 Å². The summed E-state index contributed by atoms with van der Waals surface area (Å²) in [7, 11) is 0. The molecule has 0 atom stereocenters. The van der Waals surface area contributed by atoms with Gasteiger partial charge in [-0.1, -0.05) is 0 Å². The van der Waals surface area contributed by atoms with Gasteiger partial charge in [-0.3, -0.25) is 0 Å². The summed E-state index contributed by atoms with van der Waals surface area (Å²) in [5.74, 6) is 0.997. The maximum absolute atomic E-state index is 12.9. The van der Waals surface area contributed by atoms with Crippen molar-refractivity contribution in [3.63, 3.8) is 0 Å². The number of benzene rings is 1. The second-order valence-electron chi connectivity index (χ2n) is 3.31. The highest BCUT2D eigenvalue weighted by Gasteiger charge is 2.05. The lowest BCUT2D eigenvalue weighted by Gasteiger charge is -2.07. The highest BCUT2D eigenvalue weighted by Crippen LogP contribution is 2.29. The number of alkyl halides is 1. The topological polar surface area (TPSA) is 22.1 Å². The Kier molecular flexibility index (Phi) is 3.97. The highest BCUT2D eigenvalue weighted by atomic mass is 79.9. The summed E-state index contributed by atoms with van der Waals surface area (Å²) in [4.78, 5) is 4.05. The summed E-state index contributed by atoms with van der Waals surface area (Å²) < 4.78 is 18.9. The molecular weight excluding hydrogens is 308 g/mol. The smallest absolute Gasteiger partial charge is 0.219 e. The van der Waals surface area contributed by atoms with Crippen LogP contribution in [0.15, 0.2) is 41.0 Å². The molecule has 0 saturated carbocycles. The van der Waals surface area contributed by atoms with Crippen LogP contribution in [0, 0.1) is 5.82 Å². The monoisotopic (exact) mass is 315 g/mol. The average Bonchev–Trinajstić information content (AvgIpc) is 2.33. The quantitative estimate of drug-likeness (QED) is 0.777. The van der Waals surface area contributed by atoms with Crippen LogP contribution in [0.25, 0.3) is 0 Å². The molecule has 2 aromatic rings.